The van der Waals surface area contributed by atoms with Crippen molar-refractivity contribution >= 4 is 17.9 Å². The van der Waals surface area contributed by atoms with Crippen molar-refractivity contribution in [3.63, 3.8) is 0 Å². The van der Waals surface area contributed by atoms with Crippen molar-refractivity contribution in [3.8, 4) is 0 Å². The van der Waals surface area contributed by atoms with Gasteiger partial charge in [0.15, 0.2) is 6.10 Å². The van der Waals surface area contributed by atoms with Gasteiger partial charge in [-0.2, -0.15) is 0 Å². The summed E-state index contributed by atoms with van der Waals surface area (Å²) in [6.45, 7) is 6.63. The smallest absolute Gasteiger partial charge is 0.306 e. The summed E-state index contributed by atoms with van der Waals surface area (Å²) in [4.78, 5) is 38.4. The highest BCUT2D eigenvalue weighted by Crippen LogP contribution is 2.17. The maximum Gasteiger partial charge on any atom is 0.306 e. The van der Waals surface area contributed by atoms with E-state index in [2.05, 4.69) is 81.5 Å². The maximum atomic E-state index is 12.9. The molecule has 0 radical (unpaired) electrons. The molecule has 0 aromatic heterocycles. The van der Waals surface area contributed by atoms with Crippen LogP contribution in [0, 0.1) is 0 Å². The van der Waals surface area contributed by atoms with Crippen LogP contribution in [0.1, 0.15) is 355 Å². The van der Waals surface area contributed by atoms with Gasteiger partial charge in [0.05, 0.1) is 0 Å². The lowest BCUT2D eigenvalue weighted by atomic mass is 10.0. The fourth-order valence-electron chi connectivity index (χ4n) is 9.85. The van der Waals surface area contributed by atoms with Crippen LogP contribution in [0.15, 0.2) is 60.8 Å². The van der Waals surface area contributed by atoms with Gasteiger partial charge in [0.2, 0.25) is 0 Å². The molecule has 0 amide bonds. The van der Waals surface area contributed by atoms with E-state index >= 15 is 0 Å². The molecule has 0 atom stereocenters. The standard InChI is InChI=1S/C71H128O6/c1-4-7-10-13-16-19-22-25-28-31-34-35-38-41-44-47-50-53-56-59-62-65-71(74)77-68(66-75-69(72)63-60-57-54-51-48-45-42-39-36-32-29-26-23-20-17-14-11-8-5-2)67-76-70(73)64-61-58-55-52-49-46-43-40-37-33-30-27-24-21-18-15-12-9-6-3/h17-18,20-21,25-30,68H,4-16,19,22-24,31-67H2,1-3H3/b20-17-,21-18-,28-25-,29-26-,30-27-. The first kappa shape index (κ1) is 74.1. The predicted octanol–water partition coefficient (Wildman–Crippen LogP) is 23.1. The molecular formula is C71H128O6. The van der Waals surface area contributed by atoms with E-state index < -0.39 is 6.10 Å². The molecular weight excluding hydrogens is 949 g/mol. The Balaban J connectivity index is 4.36. The number of esters is 3. The summed E-state index contributed by atoms with van der Waals surface area (Å²) in [6, 6.07) is 0. The molecule has 0 aromatic rings. The molecule has 0 saturated carbocycles. The van der Waals surface area contributed by atoms with Crippen molar-refractivity contribution in [3.05, 3.63) is 60.8 Å². The molecule has 0 fully saturated rings. The van der Waals surface area contributed by atoms with E-state index in [1.54, 1.807) is 0 Å². The highest BCUT2D eigenvalue weighted by atomic mass is 16.6. The van der Waals surface area contributed by atoms with Gasteiger partial charge in [0.25, 0.3) is 0 Å². The normalized spacial score (nSPS) is 12.1. The average Bonchev–Trinajstić information content (AvgIpc) is 3.43. The van der Waals surface area contributed by atoms with Crippen LogP contribution >= 0.6 is 0 Å². The van der Waals surface area contributed by atoms with E-state index in [0.717, 1.165) is 70.6 Å². The number of allylic oxidation sites excluding steroid dienone is 10. The molecule has 0 aliphatic carbocycles. The second-order valence-electron chi connectivity index (χ2n) is 22.7. The fraction of sp³-hybridized carbons (Fsp3) is 0.817. The molecule has 0 rings (SSSR count). The van der Waals surface area contributed by atoms with Crippen LogP contribution in [0.4, 0.5) is 0 Å². The quantitative estimate of drug-likeness (QED) is 0.0261. The minimum atomic E-state index is -0.779. The lowest BCUT2D eigenvalue weighted by molar-refractivity contribution is -0.167. The van der Waals surface area contributed by atoms with Gasteiger partial charge in [-0.3, -0.25) is 14.4 Å². The molecule has 77 heavy (non-hydrogen) atoms. The second kappa shape index (κ2) is 65.6. The first-order chi connectivity index (χ1) is 38.0. The number of rotatable bonds is 62. The molecule has 0 N–H and O–H groups in total. The molecule has 0 aliphatic rings. The van der Waals surface area contributed by atoms with Crippen LogP contribution in [0.5, 0.6) is 0 Å². The maximum absolute atomic E-state index is 12.9. The van der Waals surface area contributed by atoms with Crippen LogP contribution in [0.2, 0.25) is 0 Å². The Bertz CT molecular complexity index is 1310. The first-order valence-electron chi connectivity index (χ1n) is 33.8. The topological polar surface area (TPSA) is 78.9 Å². The Kier molecular flexibility index (Phi) is 63.2. The van der Waals surface area contributed by atoms with E-state index in [1.807, 2.05) is 0 Å². The zero-order valence-electron chi connectivity index (χ0n) is 51.5. The summed E-state index contributed by atoms with van der Waals surface area (Å²) in [5.74, 6) is -0.863. The first-order valence-corrected chi connectivity index (χ1v) is 33.8. The van der Waals surface area contributed by atoms with E-state index in [1.165, 1.54) is 244 Å². The van der Waals surface area contributed by atoms with E-state index in [0.29, 0.717) is 19.3 Å². The Morgan fingerprint density at radius 2 is 0.468 bits per heavy atom. The van der Waals surface area contributed by atoms with Gasteiger partial charge < -0.3 is 14.2 Å². The van der Waals surface area contributed by atoms with E-state index in [-0.39, 0.29) is 31.1 Å². The molecule has 0 saturated heterocycles. The fourth-order valence-corrected chi connectivity index (χ4v) is 9.85. The number of unbranched alkanes of at least 4 members (excludes halogenated alkanes) is 41. The van der Waals surface area contributed by atoms with Gasteiger partial charge >= 0.3 is 17.9 Å². The van der Waals surface area contributed by atoms with Crippen molar-refractivity contribution in [2.75, 3.05) is 13.2 Å². The van der Waals surface area contributed by atoms with Gasteiger partial charge in [-0.1, -0.05) is 287 Å². The van der Waals surface area contributed by atoms with Crippen molar-refractivity contribution < 1.29 is 28.6 Å². The Hall–Kier alpha value is -2.89. The Morgan fingerprint density at radius 3 is 0.753 bits per heavy atom. The third-order valence-electron chi connectivity index (χ3n) is 15.0. The number of hydrogen-bond acceptors (Lipinski definition) is 6. The summed E-state index contributed by atoms with van der Waals surface area (Å²) >= 11 is 0. The Morgan fingerprint density at radius 1 is 0.260 bits per heavy atom. The van der Waals surface area contributed by atoms with Crippen molar-refractivity contribution in [2.24, 2.45) is 0 Å². The monoisotopic (exact) mass is 1080 g/mol. The lowest BCUT2D eigenvalue weighted by Crippen LogP contribution is -2.30. The largest absolute Gasteiger partial charge is 0.462 e. The van der Waals surface area contributed by atoms with Crippen LogP contribution < -0.4 is 0 Å². The number of carbonyl (C=O) groups is 3. The van der Waals surface area contributed by atoms with Crippen LogP contribution in [-0.4, -0.2) is 37.2 Å². The molecule has 0 heterocycles. The molecule has 0 unspecified atom stereocenters. The summed E-state index contributed by atoms with van der Waals surface area (Å²) in [5.41, 5.74) is 0. The van der Waals surface area contributed by atoms with Gasteiger partial charge in [-0.15, -0.1) is 0 Å². The van der Waals surface area contributed by atoms with Gasteiger partial charge in [0.1, 0.15) is 13.2 Å². The highest BCUT2D eigenvalue weighted by molar-refractivity contribution is 5.71. The molecule has 0 aliphatic heterocycles. The number of carbonyl (C=O) groups excluding carboxylic acids is 3. The van der Waals surface area contributed by atoms with Crippen molar-refractivity contribution in [1.29, 1.82) is 0 Å². The summed E-state index contributed by atoms with van der Waals surface area (Å²) < 4.78 is 17.0. The Labute approximate surface area is 479 Å². The second-order valence-corrected chi connectivity index (χ2v) is 22.7. The zero-order chi connectivity index (χ0) is 55.7. The van der Waals surface area contributed by atoms with Crippen molar-refractivity contribution in [2.45, 2.75) is 361 Å². The molecule has 0 spiro atoms. The third-order valence-corrected chi connectivity index (χ3v) is 15.0. The zero-order valence-corrected chi connectivity index (χ0v) is 51.5. The molecule has 0 aromatic carbocycles. The van der Waals surface area contributed by atoms with Gasteiger partial charge in [0, 0.05) is 19.3 Å². The number of ether oxygens (including phenoxy) is 3. The summed E-state index contributed by atoms with van der Waals surface area (Å²) in [6.07, 6.45) is 83.6. The molecule has 448 valence electrons. The predicted molar refractivity (Wildman–Crippen MR) is 335 cm³/mol. The molecule has 0 bridgehead atoms. The highest BCUT2D eigenvalue weighted by Gasteiger charge is 2.19. The number of hydrogen-bond donors (Lipinski definition) is 0. The van der Waals surface area contributed by atoms with Gasteiger partial charge in [-0.25, -0.2) is 0 Å². The minimum absolute atomic E-state index is 0.0757. The van der Waals surface area contributed by atoms with Crippen LogP contribution in [0.25, 0.3) is 0 Å². The van der Waals surface area contributed by atoms with Crippen LogP contribution in [0.3, 0.4) is 0 Å². The molecule has 6 heteroatoms. The van der Waals surface area contributed by atoms with Gasteiger partial charge in [-0.05, 0) is 109 Å². The summed E-state index contributed by atoms with van der Waals surface area (Å²) in [5, 5.41) is 0. The summed E-state index contributed by atoms with van der Waals surface area (Å²) in [7, 11) is 0. The molecule has 6 nitrogen and oxygen atoms in total. The average molecular weight is 1080 g/mol. The van der Waals surface area contributed by atoms with Crippen molar-refractivity contribution in [1.82, 2.24) is 0 Å². The SMILES string of the molecule is CCCCC/C=C\C/C=C\CCCCCCCCCCCC(=O)OCC(COC(=O)CCCCCCCCCCC/C=C\C/C=C\CCCCC)OC(=O)CCCCCCCCCCCCC/C=C\CCCCCCCC. The van der Waals surface area contributed by atoms with E-state index in [4.69, 9.17) is 14.2 Å². The minimum Gasteiger partial charge on any atom is -0.462 e. The van der Waals surface area contributed by atoms with Crippen LogP contribution in [-0.2, 0) is 28.6 Å². The third kappa shape index (κ3) is 63.8. The van der Waals surface area contributed by atoms with E-state index in [9.17, 15) is 14.4 Å². The lowest BCUT2D eigenvalue weighted by Gasteiger charge is -2.18.